The van der Waals surface area contributed by atoms with E-state index in [4.69, 9.17) is 0 Å². The summed E-state index contributed by atoms with van der Waals surface area (Å²) in [7, 11) is 0. The molecule has 2 aromatic rings. The van der Waals surface area contributed by atoms with Crippen LogP contribution >= 0.6 is 11.8 Å². The predicted molar refractivity (Wildman–Crippen MR) is 70.5 cm³/mol. The van der Waals surface area contributed by atoms with Crippen LogP contribution in [0.4, 0.5) is 14.5 Å². The van der Waals surface area contributed by atoms with Crippen LogP contribution < -0.4 is 5.32 Å². The fraction of sp³-hybridized carbons (Fsp3) is 0.0769. The number of benzene rings is 1. The summed E-state index contributed by atoms with van der Waals surface area (Å²) in [5.41, 5.74) is 0.793. The maximum absolute atomic E-state index is 12.4. The van der Waals surface area contributed by atoms with Crippen molar-refractivity contribution < 1.29 is 13.6 Å². The third-order valence-corrected chi connectivity index (χ3v) is 3.08. The molecule has 19 heavy (non-hydrogen) atoms. The zero-order valence-corrected chi connectivity index (χ0v) is 10.5. The minimum atomic E-state index is -2.53. The van der Waals surface area contributed by atoms with E-state index in [9.17, 15) is 13.6 Å². The molecule has 1 aromatic carbocycles. The fourth-order valence-corrected chi connectivity index (χ4v) is 2.06. The lowest BCUT2D eigenvalue weighted by Gasteiger charge is -2.10. The highest BCUT2D eigenvalue weighted by Gasteiger charge is 2.12. The first kappa shape index (κ1) is 13.5. The summed E-state index contributed by atoms with van der Waals surface area (Å²) in [4.78, 5) is 16.1. The van der Waals surface area contributed by atoms with Crippen molar-refractivity contribution in [2.24, 2.45) is 0 Å². The highest BCUT2D eigenvalue weighted by atomic mass is 32.2. The molecule has 0 fully saturated rings. The summed E-state index contributed by atoms with van der Waals surface area (Å²) in [6.07, 6.45) is 2.99. The summed E-state index contributed by atoms with van der Waals surface area (Å²) >= 11 is 0.402. The third kappa shape index (κ3) is 3.75. The van der Waals surface area contributed by atoms with E-state index in [1.807, 2.05) is 0 Å². The zero-order valence-electron chi connectivity index (χ0n) is 9.72. The smallest absolute Gasteiger partial charge is 0.288 e. The Labute approximate surface area is 113 Å². The minimum absolute atomic E-state index is 0.333. The number of halogens is 2. The maximum Gasteiger partial charge on any atom is 0.288 e. The van der Waals surface area contributed by atoms with E-state index >= 15 is 0 Å². The third-order valence-electron chi connectivity index (χ3n) is 2.29. The second kappa shape index (κ2) is 6.29. The Balaban J connectivity index is 2.17. The van der Waals surface area contributed by atoms with E-state index in [1.165, 1.54) is 12.4 Å². The molecule has 3 nitrogen and oxygen atoms in total. The largest absolute Gasteiger partial charge is 0.321 e. The number of carbonyl (C=O) groups excluding carboxylic acids is 1. The minimum Gasteiger partial charge on any atom is -0.321 e. The quantitative estimate of drug-likeness (QED) is 0.869. The van der Waals surface area contributed by atoms with Gasteiger partial charge in [-0.05, 0) is 24.3 Å². The summed E-state index contributed by atoms with van der Waals surface area (Å²) in [5, 5.41) is 2.61. The lowest BCUT2D eigenvalue weighted by molar-refractivity contribution is 0.102. The number of nitrogens with one attached hydrogen (secondary N) is 1. The van der Waals surface area contributed by atoms with Crippen molar-refractivity contribution in [2.75, 3.05) is 5.32 Å². The van der Waals surface area contributed by atoms with Gasteiger partial charge in [0.15, 0.2) is 0 Å². The molecular formula is C13H10F2N2OS. The number of para-hydroxylation sites is 1. The van der Waals surface area contributed by atoms with Crippen molar-refractivity contribution in [3.8, 4) is 0 Å². The number of carbonyl (C=O) groups is 1. The number of alkyl halides is 2. The summed E-state index contributed by atoms with van der Waals surface area (Å²) in [6.45, 7) is 0. The number of nitrogens with zero attached hydrogens (tertiary/aromatic N) is 1. The number of hydrogen-bond acceptors (Lipinski definition) is 3. The van der Waals surface area contributed by atoms with E-state index in [0.29, 0.717) is 27.9 Å². The van der Waals surface area contributed by atoms with Gasteiger partial charge in [-0.15, -0.1) is 0 Å². The van der Waals surface area contributed by atoms with E-state index in [1.54, 1.807) is 36.4 Å². The van der Waals surface area contributed by atoms with Crippen LogP contribution in [0.25, 0.3) is 0 Å². The van der Waals surface area contributed by atoms with E-state index < -0.39 is 5.76 Å². The van der Waals surface area contributed by atoms with Gasteiger partial charge in [-0.1, -0.05) is 23.9 Å². The number of anilines is 1. The SMILES string of the molecule is O=C(Nc1ccccc1SC(F)F)c1ccncc1. The molecule has 0 saturated heterocycles. The van der Waals surface area contributed by atoms with Gasteiger partial charge in [0.2, 0.25) is 0 Å². The lowest BCUT2D eigenvalue weighted by Crippen LogP contribution is -2.12. The van der Waals surface area contributed by atoms with Crippen LogP contribution in [0.3, 0.4) is 0 Å². The Morgan fingerprint density at radius 3 is 2.53 bits per heavy atom. The Morgan fingerprint density at radius 1 is 1.16 bits per heavy atom. The van der Waals surface area contributed by atoms with Gasteiger partial charge in [0.05, 0.1) is 5.69 Å². The van der Waals surface area contributed by atoms with Crippen LogP contribution in [-0.2, 0) is 0 Å². The second-order valence-electron chi connectivity index (χ2n) is 3.56. The Morgan fingerprint density at radius 2 is 1.84 bits per heavy atom. The zero-order chi connectivity index (χ0) is 13.7. The number of amides is 1. The molecule has 1 aromatic heterocycles. The molecule has 1 N–H and O–H groups in total. The number of hydrogen-bond donors (Lipinski definition) is 1. The average molecular weight is 280 g/mol. The molecule has 1 amide bonds. The van der Waals surface area contributed by atoms with Gasteiger partial charge in [0, 0.05) is 22.9 Å². The number of aromatic nitrogens is 1. The summed E-state index contributed by atoms with van der Waals surface area (Å²) in [6, 6.07) is 9.56. The second-order valence-corrected chi connectivity index (χ2v) is 4.60. The first-order valence-electron chi connectivity index (χ1n) is 5.42. The predicted octanol–water partition coefficient (Wildman–Crippen LogP) is 3.65. The molecule has 0 aliphatic carbocycles. The van der Waals surface area contributed by atoms with Crippen LogP contribution in [0.15, 0.2) is 53.7 Å². The van der Waals surface area contributed by atoms with Gasteiger partial charge < -0.3 is 5.32 Å². The molecular weight excluding hydrogens is 270 g/mol. The Kier molecular flexibility index (Phi) is 4.46. The average Bonchev–Trinajstić information content (AvgIpc) is 2.41. The van der Waals surface area contributed by atoms with Gasteiger partial charge in [0.1, 0.15) is 0 Å². The number of thioether (sulfide) groups is 1. The molecule has 0 atom stereocenters. The monoisotopic (exact) mass is 280 g/mol. The molecule has 0 saturated carbocycles. The van der Waals surface area contributed by atoms with E-state index in [0.717, 1.165) is 0 Å². The molecule has 0 spiro atoms. The van der Waals surface area contributed by atoms with E-state index in [2.05, 4.69) is 10.3 Å². The maximum atomic E-state index is 12.4. The molecule has 0 bridgehead atoms. The van der Waals surface area contributed by atoms with Crippen molar-refractivity contribution in [3.63, 3.8) is 0 Å². The molecule has 1 heterocycles. The van der Waals surface area contributed by atoms with Crippen molar-refractivity contribution in [2.45, 2.75) is 10.7 Å². The Bertz CT molecular complexity index is 564. The van der Waals surface area contributed by atoms with Crippen LogP contribution in [-0.4, -0.2) is 16.6 Å². The van der Waals surface area contributed by atoms with Gasteiger partial charge in [-0.25, -0.2) is 0 Å². The normalized spacial score (nSPS) is 10.5. The van der Waals surface area contributed by atoms with Crippen molar-refractivity contribution in [1.82, 2.24) is 4.98 Å². The van der Waals surface area contributed by atoms with Crippen molar-refractivity contribution in [3.05, 3.63) is 54.4 Å². The van der Waals surface area contributed by atoms with Crippen LogP contribution in [0.5, 0.6) is 0 Å². The molecule has 6 heteroatoms. The molecule has 0 unspecified atom stereocenters. The van der Waals surface area contributed by atoms with Crippen LogP contribution in [0, 0.1) is 0 Å². The molecule has 0 aliphatic heterocycles. The highest BCUT2D eigenvalue weighted by Crippen LogP contribution is 2.31. The molecule has 0 radical (unpaired) electrons. The standard InChI is InChI=1S/C13H10F2N2OS/c14-13(15)19-11-4-2-1-3-10(11)17-12(18)9-5-7-16-8-6-9/h1-8,13H,(H,17,18). The van der Waals surface area contributed by atoms with E-state index in [-0.39, 0.29) is 5.91 Å². The summed E-state index contributed by atoms with van der Waals surface area (Å²) in [5.74, 6) is -2.89. The Hall–Kier alpha value is -1.95. The van der Waals surface area contributed by atoms with Gasteiger partial charge in [-0.3, -0.25) is 9.78 Å². The van der Waals surface area contributed by atoms with Gasteiger partial charge in [-0.2, -0.15) is 8.78 Å². The number of rotatable bonds is 4. The topological polar surface area (TPSA) is 42.0 Å². The van der Waals surface area contributed by atoms with Crippen molar-refractivity contribution in [1.29, 1.82) is 0 Å². The lowest BCUT2D eigenvalue weighted by atomic mass is 10.2. The first-order chi connectivity index (χ1) is 9.16. The van der Waals surface area contributed by atoms with Crippen LogP contribution in [0.2, 0.25) is 0 Å². The highest BCUT2D eigenvalue weighted by molar-refractivity contribution is 7.99. The summed E-state index contributed by atoms with van der Waals surface area (Å²) < 4.78 is 24.8. The fourth-order valence-electron chi connectivity index (χ4n) is 1.47. The number of pyridine rings is 1. The first-order valence-corrected chi connectivity index (χ1v) is 6.30. The van der Waals surface area contributed by atoms with Crippen LogP contribution in [0.1, 0.15) is 10.4 Å². The molecule has 2 rings (SSSR count). The molecule has 98 valence electrons. The van der Waals surface area contributed by atoms with Gasteiger partial charge in [0.25, 0.3) is 11.7 Å². The van der Waals surface area contributed by atoms with Gasteiger partial charge >= 0.3 is 0 Å². The van der Waals surface area contributed by atoms with Crippen molar-refractivity contribution >= 4 is 23.4 Å². The molecule has 0 aliphatic rings.